The van der Waals surface area contributed by atoms with Crippen LogP contribution < -0.4 is 15.4 Å². The maximum absolute atomic E-state index is 11.2. The van der Waals surface area contributed by atoms with Gasteiger partial charge in [0.25, 0.3) is 0 Å². The Balaban J connectivity index is 1.89. The van der Waals surface area contributed by atoms with Gasteiger partial charge in [-0.1, -0.05) is 12.1 Å². The van der Waals surface area contributed by atoms with E-state index in [0.717, 1.165) is 30.9 Å². The summed E-state index contributed by atoms with van der Waals surface area (Å²) in [7, 11) is 1.61. The van der Waals surface area contributed by atoms with Gasteiger partial charge in [-0.25, -0.2) is 0 Å². The summed E-state index contributed by atoms with van der Waals surface area (Å²) in [4.78, 5) is 11.2. The first-order valence-electron chi connectivity index (χ1n) is 6.57. The number of rotatable bonds is 6. The lowest BCUT2D eigenvalue weighted by atomic mass is 10.2. The van der Waals surface area contributed by atoms with E-state index in [1.807, 2.05) is 24.3 Å². The monoisotopic (exact) mass is 264 g/mol. The van der Waals surface area contributed by atoms with E-state index < -0.39 is 0 Å². The molecule has 0 aromatic heterocycles. The predicted molar refractivity (Wildman–Crippen MR) is 73.5 cm³/mol. The Labute approximate surface area is 113 Å². The van der Waals surface area contributed by atoms with E-state index in [1.54, 1.807) is 7.05 Å². The van der Waals surface area contributed by atoms with Gasteiger partial charge in [0.05, 0.1) is 18.3 Å². The molecular formula is C14H20N2O3. The normalized spacial score (nSPS) is 18.1. The van der Waals surface area contributed by atoms with Crippen LogP contribution in [-0.4, -0.2) is 38.8 Å². The number of hydrogen-bond donors (Lipinski definition) is 2. The lowest BCUT2D eigenvalue weighted by Gasteiger charge is -2.15. The molecular weight excluding hydrogens is 244 g/mol. The molecule has 1 atom stereocenters. The Morgan fingerprint density at radius 1 is 1.47 bits per heavy atom. The zero-order valence-electron chi connectivity index (χ0n) is 11.1. The van der Waals surface area contributed by atoms with E-state index in [1.165, 1.54) is 0 Å². The SMILES string of the molecule is CNC(=O)CNc1ccccc1OCC1CCCO1. The van der Waals surface area contributed by atoms with Crippen molar-refractivity contribution in [1.29, 1.82) is 0 Å². The lowest BCUT2D eigenvalue weighted by Crippen LogP contribution is -2.26. The molecule has 104 valence electrons. The third-order valence-corrected chi connectivity index (χ3v) is 3.05. The maximum atomic E-state index is 11.2. The lowest BCUT2D eigenvalue weighted by molar-refractivity contribution is -0.118. The van der Waals surface area contributed by atoms with Gasteiger partial charge in [-0.2, -0.15) is 0 Å². The highest BCUT2D eigenvalue weighted by molar-refractivity contribution is 5.80. The fraction of sp³-hybridized carbons (Fsp3) is 0.500. The van der Waals surface area contributed by atoms with Crippen LogP contribution in [0.25, 0.3) is 0 Å². The minimum Gasteiger partial charge on any atom is -0.489 e. The number of hydrogen-bond acceptors (Lipinski definition) is 4. The highest BCUT2D eigenvalue weighted by Crippen LogP contribution is 2.24. The van der Waals surface area contributed by atoms with Gasteiger partial charge in [-0.05, 0) is 25.0 Å². The standard InChI is InChI=1S/C14H20N2O3/c1-15-14(17)9-16-12-6-2-3-7-13(12)19-10-11-5-4-8-18-11/h2-3,6-7,11,16H,4-5,8-10H2,1H3,(H,15,17). The summed E-state index contributed by atoms with van der Waals surface area (Å²) in [6.45, 7) is 1.61. The van der Waals surface area contributed by atoms with Crippen LogP contribution in [0.15, 0.2) is 24.3 Å². The van der Waals surface area contributed by atoms with Crippen LogP contribution in [-0.2, 0) is 9.53 Å². The number of ether oxygens (including phenoxy) is 2. The fourth-order valence-corrected chi connectivity index (χ4v) is 1.96. The molecule has 1 saturated heterocycles. The minimum atomic E-state index is -0.0612. The molecule has 1 aromatic rings. The second kappa shape index (κ2) is 6.99. The molecule has 0 saturated carbocycles. The number of para-hydroxylation sites is 2. The first kappa shape index (κ1) is 13.7. The van der Waals surface area contributed by atoms with Crippen molar-refractivity contribution in [2.75, 3.05) is 32.1 Å². The smallest absolute Gasteiger partial charge is 0.239 e. The summed E-state index contributed by atoms with van der Waals surface area (Å²) < 4.78 is 11.3. The Kier molecular flexibility index (Phi) is 5.03. The van der Waals surface area contributed by atoms with Gasteiger partial charge in [0.1, 0.15) is 12.4 Å². The van der Waals surface area contributed by atoms with Crippen LogP contribution in [0, 0.1) is 0 Å². The van der Waals surface area contributed by atoms with Gasteiger partial charge in [0.2, 0.25) is 5.91 Å². The van der Waals surface area contributed by atoms with Gasteiger partial charge in [0.15, 0.2) is 0 Å². The summed E-state index contributed by atoms with van der Waals surface area (Å²) >= 11 is 0. The Morgan fingerprint density at radius 2 is 2.32 bits per heavy atom. The number of carbonyl (C=O) groups excluding carboxylic acids is 1. The first-order chi connectivity index (χ1) is 9.29. The highest BCUT2D eigenvalue weighted by Gasteiger charge is 2.16. The molecule has 0 aliphatic carbocycles. The summed E-state index contributed by atoms with van der Waals surface area (Å²) in [5, 5.41) is 5.63. The van der Waals surface area contributed by atoms with Gasteiger partial charge in [-0.15, -0.1) is 0 Å². The largest absolute Gasteiger partial charge is 0.489 e. The van der Waals surface area contributed by atoms with Crippen LogP contribution in [0.1, 0.15) is 12.8 Å². The van der Waals surface area contributed by atoms with Crippen molar-refractivity contribution >= 4 is 11.6 Å². The van der Waals surface area contributed by atoms with Gasteiger partial charge in [0, 0.05) is 13.7 Å². The zero-order chi connectivity index (χ0) is 13.5. The summed E-state index contributed by atoms with van der Waals surface area (Å²) in [5.41, 5.74) is 0.823. The molecule has 1 aliphatic rings. The van der Waals surface area contributed by atoms with Crippen molar-refractivity contribution in [1.82, 2.24) is 5.32 Å². The fourth-order valence-electron chi connectivity index (χ4n) is 1.96. The Bertz CT molecular complexity index is 417. The number of amides is 1. The van der Waals surface area contributed by atoms with E-state index in [9.17, 15) is 4.79 Å². The van der Waals surface area contributed by atoms with Crippen LogP contribution in [0.5, 0.6) is 5.75 Å². The van der Waals surface area contributed by atoms with E-state index in [2.05, 4.69) is 10.6 Å². The van der Waals surface area contributed by atoms with Crippen molar-refractivity contribution in [2.45, 2.75) is 18.9 Å². The second-order valence-corrected chi connectivity index (χ2v) is 4.47. The third kappa shape index (κ3) is 4.13. The van der Waals surface area contributed by atoms with Crippen LogP contribution in [0.4, 0.5) is 5.69 Å². The number of nitrogens with one attached hydrogen (secondary N) is 2. The van der Waals surface area contributed by atoms with Crippen LogP contribution in [0.2, 0.25) is 0 Å². The van der Waals surface area contributed by atoms with Crippen molar-refractivity contribution in [3.63, 3.8) is 0 Å². The Morgan fingerprint density at radius 3 is 3.05 bits per heavy atom. The molecule has 2 N–H and O–H groups in total. The molecule has 1 aromatic carbocycles. The molecule has 1 unspecified atom stereocenters. The van der Waals surface area contributed by atoms with Gasteiger partial charge in [-0.3, -0.25) is 4.79 Å². The highest BCUT2D eigenvalue weighted by atomic mass is 16.5. The molecule has 1 fully saturated rings. The van der Waals surface area contributed by atoms with E-state index in [-0.39, 0.29) is 18.6 Å². The molecule has 1 amide bonds. The zero-order valence-corrected chi connectivity index (χ0v) is 11.1. The third-order valence-electron chi connectivity index (χ3n) is 3.05. The van der Waals surface area contributed by atoms with Crippen molar-refractivity contribution in [3.8, 4) is 5.75 Å². The molecule has 0 spiro atoms. The quantitative estimate of drug-likeness (QED) is 0.815. The molecule has 0 radical (unpaired) electrons. The molecule has 1 aliphatic heterocycles. The predicted octanol–water partition coefficient (Wildman–Crippen LogP) is 1.40. The minimum absolute atomic E-state index is 0.0612. The molecule has 2 rings (SSSR count). The Hall–Kier alpha value is -1.75. The molecule has 1 heterocycles. The van der Waals surface area contributed by atoms with Gasteiger partial charge >= 0.3 is 0 Å². The molecule has 0 bridgehead atoms. The van der Waals surface area contributed by atoms with Gasteiger partial charge < -0.3 is 20.1 Å². The summed E-state index contributed by atoms with van der Waals surface area (Å²) in [6.07, 6.45) is 2.34. The van der Waals surface area contributed by atoms with E-state index >= 15 is 0 Å². The maximum Gasteiger partial charge on any atom is 0.239 e. The van der Waals surface area contributed by atoms with Crippen molar-refractivity contribution in [2.24, 2.45) is 0 Å². The second-order valence-electron chi connectivity index (χ2n) is 4.47. The van der Waals surface area contributed by atoms with Crippen molar-refractivity contribution in [3.05, 3.63) is 24.3 Å². The molecule has 5 heteroatoms. The molecule has 19 heavy (non-hydrogen) atoms. The number of likely N-dealkylation sites (N-methyl/N-ethyl adjacent to an activating group) is 1. The average Bonchev–Trinajstić information content (AvgIpc) is 2.96. The van der Waals surface area contributed by atoms with E-state index in [4.69, 9.17) is 9.47 Å². The van der Waals surface area contributed by atoms with Crippen molar-refractivity contribution < 1.29 is 14.3 Å². The number of benzene rings is 1. The first-order valence-corrected chi connectivity index (χ1v) is 6.57. The summed E-state index contributed by atoms with van der Waals surface area (Å²) in [6, 6.07) is 7.61. The molecule has 5 nitrogen and oxygen atoms in total. The van der Waals surface area contributed by atoms with Crippen LogP contribution in [0.3, 0.4) is 0 Å². The van der Waals surface area contributed by atoms with Crippen LogP contribution >= 0.6 is 0 Å². The topological polar surface area (TPSA) is 59.6 Å². The number of anilines is 1. The summed E-state index contributed by atoms with van der Waals surface area (Å²) in [5.74, 6) is 0.691. The van der Waals surface area contributed by atoms with E-state index in [0.29, 0.717) is 6.61 Å². The average molecular weight is 264 g/mol. The number of carbonyl (C=O) groups is 1.